The molecule has 3 heterocycles. The first-order valence-corrected chi connectivity index (χ1v) is 12.3. The summed E-state index contributed by atoms with van der Waals surface area (Å²) >= 11 is 0. The molecule has 0 amide bonds. The molecule has 3 aromatic rings. The number of para-hydroxylation sites is 2. The molecule has 0 radical (unpaired) electrons. The van der Waals surface area contributed by atoms with Crippen LogP contribution in [0.5, 0.6) is 0 Å². The molecule has 1 saturated heterocycles. The number of anilines is 2. The van der Waals surface area contributed by atoms with Gasteiger partial charge < -0.3 is 19.9 Å². The number of rotatable bonds is 6. The van der Waals surface area contributed by atoms with Gasteiger partial charge in [-0.15, -0.1) is 24.8 Å². The third-order valence-corrected chi connectivity index (χ3v) is 7.13. The fraction of sp³-hybridized carbons (Fsp3) is 0.560. The summed E-state index contributed by atoms with van der Waals surface area (Å²) in [6.45, 7) is 3.94. The Morgan fingerprint density at radius 3 is 2.41 bits per heavy atom. The van der Waals surface area contributed by atoms with Gasteiger partial charge >= 0.3 is 0 Å². The molecular weight excluding hydrogens is 523 g/mol. The Morgan fingerprint density at radius 2 is 1.73 bits per heavy atom. The molecule has 8 nitrogen and oxygen atoms in total. The Balaban J connectivity index is 0.00000190. The molecular formula is C25H35Cl2F2N7O. The van der Waals surface area contributed by atoms with Gasteiger partial charge in [0.2, 0.25) is 5.95 Å². The molecule has 2 aromatic heterocycles. The topological polar surface area (TPSA) is 71.3 Å². The van der Waals surface area contributed by atoms with Crippen LogP contribution >= 0.6 is 24.8 Å². The second-order valence-electron chi connectivity index (χ2n) is 9.73. The number of nitrogens with one attached hydrogen (secondary N) is 1. The Labute approximate surface area is 228 Å². The van der Waals surface area contributed by atoms with Gasteiger partial charge in [0.05, 0.1) is 30.3 Å². The largest absolute Gasteiger partial charge is 0.377 e. The maximum Gasteiger partial charge on any atom is 0.296 e. The van der Waals surface area contributed by atoms with Gasteiger partial charge in [-0.3, -0.25) is 4.57 Å². The van der Waals surface area contributed by atoms with E-state index in [2.05, 4.69) is 41.1 Å². The zero-order valence-electron chi connectivity index (χ0n) is 21.3. The van der Waals surface area contributed by atoms with Crippen molar-refractivity contribution in [3.63, 3.8) is 0 Å². The highest BCUT2D eigenvalue weighted by molar-refractivity contribution is 5.85. The monoisotopic (exact) mass is 557 g/mol. The molecule has 1 aromatic carbocycles. The fourth-order valence-corrected chi connectivity index (χ4v) is 5.17. The standard InChI is InChI=1S/C25H33F2N7O.2ClH/c1-16-15-35-13-12-33(16)21-14-22(34-20-7-5-4-6-19(20)29-24(34)23(26)27)31-25(30-21)28-17-8-10-18(11-9-17)32(2)3;;/h4-7,14,16-18,23H,8-13,15H2,1-3H3,(H,28,30,31);2*1H/t16-,17-,18-;;/m1../s1. The number of morpholine rings is 1. The van der Waals surface area contributed by atoms with E-state index < -0.39 is 6.43 Å². The number of fused-ring (bicyclic) bond motifs is 1. The second-order valence-corrected chi connectivity index (χ2v) is 9.73. The van der Waals surface area contributed by atoms with Crippen LogP contribution in [-0.4, -0.2) is 76.4 Å². The number of alkyl halides is 2. The molecule has 37 heavy (non-hydrogen) atoms. The first-order valence-electron chi connectivity index (χ1n) is 12.3. The van der Waals surface area contributed by atoms with E-state index in [1.165, 1.54) is 4.57 Å². The minimum atomic E-state index is -2.74. The molecule has 0 bridgehead atoms. The first kappa shape index (κ1) is 29.3. The quantitative estimate of drug-likeness (QED) is 0.451. The molecule has 12 heteroatoms. The van der Waals surface area contributed by atoms with Crippen LogP contribution in [0.3, 0.4) is 0 Å². The summed E-state index contributed by atoms with van der Waals surface area (Å²) in [7, 11) is 4.24. The molecule has 1 saturated carbocycles. The van der Waals surface area contributed by atoms with E-state index >= 15 is 0 Å². The molecule has 2 aliphatic rings. The summed E-state index contributed by atoms with van der Waals surface area (Å²) in [6.07, 6.45) is 1.48. The Bertz CT molecular complexity index is 1170. The Kier molecular flexibility index (Phi) is 9.91. The molecule has 1 aliphatic carbocycles. The molecule has 204 valence electrons. The van der Waals surface area contributed by atoms with Crippen LogP contribution in [0.25, 0.3) is 16.9 Å². The van der Waals surface area contributed by atoms with Crippen molar-refractivity contribution in [2.75, 3.05) is 44.1 Å². The summed E-state index contributed by atoms with van der Waals surface area (Å²) < 4.78 is 35.2. The maximum absolute atomic E-state index is 14.1. The highest BCUT2D eigenvalue weighted by Gasteiger charge is 2.27. The van der Waals surface area contributed by atoms with Gasteiger partial charge in [-0.1, -0.05) is 12.1 Å². The van der Waals surface area contributed by atoms with E-state index in [-0.39, 0.29) is 42.7 Å². The summed E-state index contributed by atoms with van der Waals surface area (Å²) in [5.74, 6) is 1.24. The molecule has 1 aliphatic heterocycles. The number of hydrogen-bond donors (Lipinski definition) is 1. The summed E-state index contributed by atoms with van der Waals surface area (Å²) in [4.78, 5) is 18.2. The molecule has 2 fully saturated rings. The number of nitrogens with zero attached hydrogens (tertiary/aromatic N) is 6. The van der Waals surface area contributed by atoms with Crippen LogP contribution in [0.2, 0.25) is 0 Å². The number of ether oxygens (including phenoxy) is 1. The van der Waals surface area contributed by atoms with Gasteiger partial charge in [-0.05, 0) is 58.8 Å². The van der Waals surface area contributed by atoms with E-state index in [1.54, 1.807) is 24.3 Å². The molecule has 5 rings (SSSR count). The van der Waals surface area contributed by atoms with E-state index in [0.717, 1.165) is 25.7 Å². The minimum absolute atomic E-state index is 0. The van der Waals surface area contributed by atoms with Crippen molar-refractivity contribution in [1.82, 2.24) is 24.4 Å². The average Bonchev–Trinajstić information content (AvgIpc) is 3.25. The third kappa shape index (κ3) is 6.25. The Hall–Kier alpha value is -2.27. The first-order chi connectivity index (χ1) is 16.9. The van der Waals surface area contributed by atoms with Crippen LogP contribution in [0.1, 0.15) is 44.9 Å². The van der Waals surface area contributed by atoms with E-state index in [1.807, 2.05) is 6.07 Å². The number of imidazole rings is 1. The van der Waals surface area contributed by atoms with Crippen molar-refractivity contribution in [3.05, 3.63) is 36.2 Å². The summed E-state index contributed by atoms with van der Waals surface area (Å²) in [5, 5.41) is 3.51. The lowest BCUT2D eigenvalue weighted by atomic mass is 9.91. The van der Waals surface area contributed by atoms with Crippen molar-refractivity contribution in [2.24, 2.45) is 0 Å². The van der Waals surface area contributed by atoms with Crippen molar-refractivity contribution >= 4 is 47.6 Å². The molecule has 0 unspecified atom stereocenters. The van der Waals surface area contributed by atoms with E-state index in [0.29, 0.717) is 54.4 Å². The minimum Gasteiger partial charge on any atom is -0.377 e. The van der Waals surface area contributed by atoms with Gasteiger partial charge in [-0.25, -0.2) is 13.8 Å². The predicted molar refractivity (Wildman–Crippen MR) is 147 cm³/mol. The lowest BCUT2D eigenvalue weighted by Gasteiger charge is -2.35. The number of halogens is 4. The summed E-state index contributed by atoms with van der Waals surface area (Å²) in [6, 6.07) is 9.88. The zero-order valence-corrected chi connectivity index (χ0v) is 22.9. The SMILES string of the molecule is C[C@@H]1COCCN1c1cc(-n2c(C(F)F)nc3ccccc32)nc(N[C@H]2CC[C@H](N(C)C)CC2)n1.Cl.Cl. The molecule has 0 spiro atoms. The Morgan fingerprint density at radius 1 is 1.03 bits per heavy atom. The normalized spacial score (nSPS) is 22.1. The van der Waals surface area contributed by atoms with Crippen LogP contribution in [0, 0.1) is 0 Å². The van der Waals surface area contributed by atoms with Gasteiger partial charge in [0.1, 0.15) is 11.6 Å². The second kappa shape index (κ2) is 12.5. The van der Waals surface area contributed by atoms with Gasteiger partial charge in [-0.2, -0.15) is 9.97 Å². The van der Waals surface area contributed by atoms with Crippen molar-refractivity contribution in [3.8, 4) is 5.82 Å². The number of aromatic nitrogens is 4. The van der Waals surface area contributed by atoms with Crippen LogP contribution in [-0.2, 0) is 4.74 Å². The lowest BCUT2D eigenvalue weighted by Crippen LogP contribution is -2.44. The average molecular weight is 559 g/mol. The number of hydrogen-bond acceptors (Lipinski definition) is 7. The van der Waals surface area contributed by atoms with Gasteiger partial charge in [0.25, 0.3) is 6.43 Å². The zero-order chi connectivity index (χ0) is 24.5. The maximum atomic E-state index is 14.1. The highest BCUT2D eigenvalue weighted by Crippen LogP contribution is 2.31. The molecule has 1 atom stereocenters. The lowest BCUT2D eigenvalue weighted by molar-refractivity contribution is 0.0985. The summed E-state index contributed by atoms with van der Waals surface area (Å²) in [5.41, 5.74) is 1.11. The predicted octanol–water partition coefficient (Wildman–Crippen LogP) is 5.11. The highest BCUT2D eigenvalue weighted by atomic mass is 35.5. The van der Waals surface area contributed by atoms with Crippen molar-refractivity contribution < 1.29 is 13.5 Å². The van der Waals surface area contributed by atoms with E-state index in [9.17, 15) is 8.78 Å². The fourth-order valence-electron chi connectivity index (χ4n) is 5.17. The van der Waals surface area contributed by atoms with Gasteiger partial charge in [0, 0.05) is 24.7 Å². The smallest absolute Gasteiger partial charge is 0.296 e. The van der Waals surface area contributed by atoms with Crippen LogP contribution in [0.4, 0.5) is 20.5 Å². The van der Waals surface area contributed by atoms with Crippen molar-refractivity contribution in [1.29, 1.82) is 0 Å². The van der Waals surface area contributed by atoms with E-state index in [4.69, 9.17) is 14.7 Å². The molecule has 1 N–H and O–H groups in total. The third-order valence-electron chi connectivity index (χ3n) is 7.13. The number of benzene rings is 1. The van der Waals surface area contributed by atoms with Crippen LogP contribution < -0.4 is 10.2 Å². The van der Waals surface area contributed by atoms with Crippen LogP contribution in [0.15, 0.2) is 30.3 Å². The van der Waals surface area contributed by atoms with Crippen molar-refractivity contribution in [2.45, 2.75) is 57.2 Å². The van der Waals surface area contributed by atoms with Gasteiger partial charge in [0.15, 0.2) is 5.82 Å².